The van der Waals surface area contributed by atoms with Crippen molar-refractivity contribution in [3.8, 4) is 5.75 Å². The van der Waals surface area contributed by atoms with Crippen molar-refractivity contribution in [3.05, 3.63) is 28.8 Å². The van der Waals surface area contributed by atoms with Gasteiger partial charge in [0.2, 0.25) is 0 Å². The number of halogens is 1. The van der Waals surface area contributed by atoms with Gasteiger partial charge in [0.15, 0.2) is 5.60 Å². The molecule has 0 spiro atoms. The van der Waals surface area contributed by atoms with E-state index in [1.165, 1.54) is 0 Å². The van der Waals surface area contributed by atoms with Crippen molar-refractivity contribution in [2.24, 2.45) is 0 Å². The summed E-state index contributed by atoms with van der Waals surface area (Å²) < 4.78 is 11.3. The lowest BCUT2D eigenvalue weighted by atomic mass is 10.1. The van der Waals surface area contributed by atoms with Gasteiger partial charge in [0.05, 0.1) is 11.1 Å². The summed E-state index contributed by atoms with van der Waals surface area (Å²) in [6.07, 6.45) is 2.16. The van der Waals surface area contributed by atoms with Crippen molar-refractivity contribution >= 4 is 17.5 Å². The van der Waals surface area contributed by atoms with Gasteiger partial charge in [0.25, 0.3) is 5.91 Å². The molecule has 0 bridgehead atoms. The highest BCUT2D eigenvalue weighted by molar-refractivity contribution is 6.32. The lowest BCUT2D eigenvalue weighted by molar-refractivity contribution is -0.134. The first-order valence-electron chi connectivity index (χ1n) is 7.23. The van der Waals surface area contributed by atoms with Crippen molar-refractivity contribution in [2.75, 3.05) is 13.2 Å². The van der Waals surface area contributed by atoms with Crippen molar-refractivity contribution in [3.63, 3.8) is 0 Å². The first-order valence-corrected chi connectivity index (χ1v) is 7.61. The fraction of sp³-hybridized carbons (Fsp3) is 0.562. The quantitative estimate of drug-likeness (QED) is 0.909. The van der Waals surface area contributed by atoms with Crippen LogP contribution in [0.3, 0.4) is 0 Å². The van der Waals surface area contributed by atoms with Gasteiger partial charge in [0.1, 0.15) is 5.75 Å². The van der Waals surface area contributed by atoms with Crippen LogP contribution in [0.5, 0.6) is 5.75 Å². The number of carbonyl (C=O) groups excluding carboxylic acids is 1. The van der Waals surface area contributed by atoms with Crippen molar-refractivity contribution in [2.45, 2.75) is 45.3 Å². The second-order valence-corrected chi connectivity index (χ2v) is 6.30. The summed E-state index contributed by atoms with van der Waals surface area (Å²) in [5, 5.41) is 3.39. The van der Waals surface area contributed by atoms with Gasteiger partial charge < -0.3 is 14.8 Å². The number of amides is 1. The molecule has 116 valence electrons. The minimum atomic E-state index is -0.990. The van der Waals surface area contributed by atoms with Crippen molar-refractivity contribution in [1.29, 1.82) is 0 Å². The zero-order chi connectivity index (χ0) is 15.5. The summed E-state index contributed by atoms with van der Waals surface area (Å²) in [4.78, 5) is 12.3. The highest BCUT2D eigenvalue weighted by Crippen LogP contribution is 2.29. The molecule has 1 atom stereocenters. The molecule has 5 heteroatoms. The number of aryl methyl sites for hydroxylation is 1. The second-order valence-electron chi connectivity index (χ2n) is 5.89. The van der Waals surface area contributed by atoms with Crippen LogP contribution in [-0.2, 0) is 9.53 Å². The Labute approximate surface area is 130 Å². The number of rotatable bonds is 5. The molecule has 1 aliphatic rings. The van der Waals surface area contributed by atoms with E-state index < -0.39 is 5.60 Å². The third-order valence-corrected chi connectivity index (χ3v) is 3.83. The molecule has 21 heavy (non-hydrogen) atoms. The van der Waals surface area contributed by atoms with Gasteiger partial charge in [-0.2, -0.15) is 0 Å². The molecule has 4 nitrogen and oxygen atoms in total. The largest absolute Gasteiger partial charge is 0.476 e. The molecule has 0 aromatic heterocycles. The second kappa shape index (κ2) is 6.67. The van der Waals surface area contributed by atoms with E-state index in [4.69, 9.17) is 21.1 Å². The topological polar surface area (TPSA) is 47.6 Å². The maximum atomic E-state index is 12.3. The van der Waals surface area contributed by atoms with Gasteiger partial charge in [-0.15, -0.1) is 0 Å². The smallest absolute Gasteiger partial charge is 0.263 e. The molecule has 0 saturated carbocycles. The van der Waals surface area contributed by atoms with E-state index in [-0.39, 0.29) is 12.0 Å². The Kier molecular flexibility index (Phi) is 5.12. The molecule has 2 rings (SSSR count). The Balaban J connectivity index is 1.96. The van der Waals surface area contributed by atoms with Crippen LogP contribution in [0.25, 0.3) is 0 Å². The predicted molar refractivity (Wildman–Crippen MR) is 82.9 cm³/mol. The fourth-order valence-electron chi connectivity index (χ4n) is 2.23. The summed E-state index contributed by atoms with van der Waals surface area (Å²) in [7, 11) is 0. The predicted octanol–water partition coefficient (Wildman–Crippen LogP) is 3.10. The van der Waals surface area contributed by atoms with Crippen LogP contribution < -0.4 is 10.1 Å². The van der Waals surface area contributed by atoms with Gasteiger partial charge in [-0.05, 0) is 51.3 Å². The van der Waals surface area contributed by atoms with E-state index in [1.807, 2.05) is 19.1 Å². The van der Waals surface area contributed by atoms with Gasteiger partial charge in [-0.1, -0.05) is 17.7 Å². The summed E-state index contributed by atoms with van der Waals surface area (Å²) >= 11 is 6.11. The number of nitrogens with one attached hydrogen (secondary N) is 1. The Morgan fingerprint density at radius 2 is 2.29 bits per heavy atom. The average Bonchev–Trinajstić information content (AvgIpc) is 2.93. The minimum Gasteiger partial charge on any atom is -0.476 e. The van der Waals surface area contributed by atoms with Crippen molar-refractivity contribution in [1.82, 2.24) is 5.32 Å². The lowest BCUT2D eigenvalue weighted by Gasteiger charge is -2.26. The van der Waals surface area contributed by atoms with E-state index >= 15 is 0 Å². The Hall–Kier alpha value is -1.26. The lowest BCUT2D eigenvalue weighted by Crippen LogP contribution is -2.48. The highest BCUT2D eigenvalue weighted by atomic mass is 35.5. The first-order chi connectivity index (χ1) is 9.88. The molecule has 1 aromatic rings. The van der Waals surface area contributed by atoms with Crippen LogP contribution in [-0.4, -0.2) is 30.8 Å². The molecule has 1 saturated heterocycles. The maximum absolute atomic E-state index is 12.3. The average molecular weight is 312 g/mol. The van der Waals surface area contributed by atoms with Crippen LogP contribution in [0, 0.1) is 6.92 Å². The third kappa shape index (κ3) is 4.35. The standard InChI is InChI=1S/C16H22ClNO3/c1-11-6-7-13(17)14(9-11)21-16(2,3)15(19)18-10-12-5-4-8-20-12/h6-7,9,12H,4-5,8,10H2,1-3H3,(H,18,19)/t12-/m0/s1. The minimum absolute atomic E-state index is 0.118. The molecule has 1 aromatic carbocycles. The van der Waals surface area contributed by atoms with Crippen LogP contribution in [0.15, 0.2) is 18.2 Å². The van der Waals surface area contributed by atoms with Gasteiger partial charge in [-0.25, -0.2) is 0 Å². The molecular weight excluding hydrogens is 290 g/mol. The Morgan fingerprint density at radius 1 is 1.52 bits per heavy atom. The molecule has 1 amide bonds. The van der Waals surface area contributed by atoms with E-state index in [1.54, 1.807) is 19.9 Å². The number of carbonyl (C=O) groups is 1. The van der Waals surface area contributed by atoms with Gasteiger partial charge >= 0.3 is 0 Å². The summed E-state index contributed by atoms with van der Waals surface area (Å²) in [6, 6.07) is 5.50. The molecule has 0 radical (unpaired) electrons. The number of hydrogen-bond acceptors (Lipinski definition) is 3. The zero-order valence-electron chi connectivity index (χ0n) is 12.7. The maximum Gasteiger partial charge on any atom is 0.263 e. The van der Waals surface area contributed by atoms with Gasteiger partial charge in [0, 0.05) is 13.2 Å². The van der Waals surface area contributed by atoms with E-state index in [0.717, 1.165) is 25.0 Å². The molecule has 1 N–H and O–H groups in total. The monoisotopic (exact) mass is 311 g/mol. The Morgan fingerprint density at radius 3 is 2.95 bits per heavy atom. The molecule has 1 aliphatic heterocycles. The number of hydrogen-bond donors (Lipinski definition) is 1. The van der Waals surface area contributed by atoms with Crippen molar-refractivity contribution < 1.29 is 14.3 Å². The molecule has 0 unspecified atom stereocenters. The normalized spacial score (nSPS) is 18.6. The number of ether oxygens (including phenoxy) is 2. The zero-order valence-corrected chi connectivity index (χ0v) is 13.5. The Bertz CT molecular complexity index is 510. The molecular formula is C16H22ClNO3. The summed E-state index contributed by atoms with van der Waals surface area (Å²) in [5.74, 6) is 0.351. The summed E-state index contributed by atoms with van der Waals surface area (Å²) in [6.45, 7) is 6.72. The summed E-state index contributed by atoms with van der Waals surface area (Å²) in [5.41, 5.74) is 0.0423. The van der Waals surface area contributed by atoms with Crippen LogP contribution in [0.2, 0.25) is 5.02 Å². The highest BCUT2D eigenvalue weighted by Gasteiger charge is 2.31. The third-order valence-electron chi connectivity index (χ3n) is 3.51. The van der Waals surface area contributed by atoms with Crippen LogP contribution in [0.1, 0.15) is 32.3 Å². The SMILES string of the molecule is Cc1ccc(Cl)c(OC(C)(C)C(=O)NC[C@@H]2CCCO2)c1. The van der Waals surface area contributed by atoms with Crippen LogP contribution >= 0.6 is 11.6 Å². The van der Waals surface area contributed by atoms with E-state index in [9.17, 15) is 4.79 Å². The fourth-order valence-corrected chi connectivity index (χ4v) is 2.39. The van der Waals surface area contributed by atoms with E-state index in [0.29, 0.717) is 17.3 Å². The van der Waals surface area contributed by atoms with Crippen LogP contribution in [0.4, 0.5) is 0 Å². The molecule has 0 aliphatic carbocycles. The molecule has 1 heterocycles. The molecule has 1 fully saturated rings. The van der Waals surface area contributed by atoms with Gasteiger partial charge in [-0.3, -0.25) is 4.79 Å². The van der Waals surface area contributed by atoms with E-state index in [2.05, 4.69) is 5.32 Å². The number of benzene rings is 1. The first kappa shape index (κ1) is 16.1.